The number of rotatable bonds is 23. The molecule has 0 aliphatic heterocycles. The molecule has 0 spiro atoms. The molecule has 11 rings (SSSR count). The van der Waals surface area contributed by atoms with E-state index in [1.165, 1.54) is 22.3 Å². The van der Waals surface area contributed by atoms with Crippen molar-refractivity contribution in [2.24, 2.45) is 45.1 Å². The monoisotopic (exact) mass is 1870 g/mol. The third-order valence-electron chi connectivity index (χ3n) is 29.3. The van der Waals surface area contributed by atoms with Gasteiger partial charge >= 0.3 is 0 Å². The SMILES string of the molecule is C=C(C)C1=C(O)C(C(C)(C)C)CC(CC2=CC(Cc3cc(C(C)(C)C)c(O)c(C(C)(C)C)c3)CC=C2NC2CC=C(C(Cc3cc(C(C)(C)C)c(N=O)c(C(C)(C)C)c3)C3=CC(C(C)(C)C)C(O)C(C(C)(C)C)=C3)C=C2Cc2cc(Cc3cc(C(C)(C)C)c(O)c(C(C)(C)C)c3)cc(Cc3cc(C(C)(C)C)c(O)c(C(C)(C)C)c3)c2Nc2ccc(Cc3cc(C(=C)C)c(O)c(C(C)(C)C)c3)cc2)=C1. The molecule has 0 radical (unpaired) electrons. The van der Waals surface area contributed by atoms with Crippen molar-refractivity contribution in [3.05, 3.63) is 319 Å². The molecule has 7 aromatic carbocycles. The van der Waals surface area contributed by atoms with Crippen molar-refractivity contribution in [3.63, 3.8) is 0 Å². The number of phenols is 4. The van der Waals surface area contributed by atoms with Gasteiger partial charge in [0, 0.05) is 51.5 Å². The summed E-state index contributed by atoms with van der Waals surface area (Å²) in [7, 11) is 0. The molecule has 10 nitrogen and oxygen atoms in total. The van der Waals surface area contributed by atoms with E-state index in [-0.39, 0.29) is 62.5 Å². The first kappa shape index (κ1) is 109. The number of allylic oxidation sites excluding steroid dienone is 13. The summed E-state index contributed by atoms with van der Waals surface area (Å²) in [6.45, 7) is 91.8. The van der Waals surface area contributed by atoms with Gasteiger partial charge in [0.2, 0.25) is 0 Å². The first-order chi connectivity index (χ1) is 63.0. The highest BCUT2D eigenvalue weighted by atomic mass is 16.3. The average molecular weight is 1870 g/mol. The zero-order valence-electron chi connectivity index (χ0n) is 92.3. The van der Waals surface area contributed by atoms with Crippen molar-refractivity contribution >= 4 is 22.6 Å². The summed E-state index contributed by atoms with van der Waals surface area (Å²) in [5.74, 6) is 1.12. The summed E-state index contributed by atoms with van der Waals surface area (Å²) in [6, 6.07) is 35.7. The Balaban J connectivity index is 1.24. The number of aliphatic hydroxyl groups is 2. The Bertz CT molecular complexity index is 5950. The van der Waals surface area contributed by atoms with E-state index in [0.29, 0.717) is 80.1 Å². The van der Waals surface area contributed by atoms with Crippen LogP contribution in [0.5, 0.6) is 23.0 Å². The van der Waals surface area contributed by atoms with Gasteiger partial charge in [-0.25, -0.2) is 0 Å². The van der Waals surface area contributed by atoms with Gasteiger partial charge < -0.3 is 41.3 Å². The number of nitroso groups, excluding NO2 is 1. The van der Waals surface area contributed by atoms with Gasteiger partial charge in [0.1, 0.15) is 34.4 Å². The van der Waals surface area contributed by atoms with E-state index < -0.39 is 44.0 Å². The number of aliphatic hydroxyl groups excluding tert-OH is 2. The standard InChI is InChI=1S/C128H175N3O7/c1-74(2)92-57-79(62-97(111(92)132)119(11,12)13)49-76-41-45-91(46-42-76)129-109-89(56-83-68-103(125(29,30)31)115(136)104(69-83)126(32,33)34)54-78(51-81-65-101(123(23,24)25)114(135)102(66-81)124(26,27)28)55-90(109)71-88-70-85(94(86-72-105(127(35,36)37)116(137)106(73-86)128(38,39)40)59-84-60-95(117(5,6)7)110(131-138)96(61-84)118(8,9)10)44-48-108(88)130-107-47-43-77(50-80-63-99(121(17,18)19)113(134)100(64-80)122(20,21)22)52-87(107)53-82-58-93(75(3)4)112(133)98(67-82)120(14,15)16/h41-42,44-47,52,54-55,57-58,60-66,68-70,72-73,77,94,98,105,108,116,129-130,132-137H,1,3,43,48-51,53,56,59,67,71H2,2,4-40H3. The first-order valence-corrected chi connectivity index (χ1v) is 51.1. The van der Waals surface area contributed by atoms with Gasteiger partial charge in [-0.2, -0.15) is 0 Å². The van der Waals surface area contributed by atoms with Crippen molar-refractivity contribution < 1.29 is 30.6 Å². The highest BCUT2D eigenvalue weighted by molar-refractivity contribution is 5.73. The predicted octanol–water partition coefficient (Wildman–Crippen LogP) is 33.5. The molecule has 0 heterocycles. The number of aromatic hydroxyl groups is 4. The van der Waals surface area contributed by atoms with Gasteiger partial charge in [-0.15, -0.1) is 4.91 Å². The predicted molar refractivity (Wildman–Crippen MR) is 588 cm³/mol. The Morgan fingerprint density at radius 3 is 1.27 bits per heavy atom. The maximum absolute atomic E-state index is 13.6. The third-order valence-corrected chi connectivity index (χ3v) is 29.3. The summed E-state index contributed by atoms with van der Waals surface area (Å²) >= 11 is 0. The summed E-state index contributed by atoms with van der Waals surface area (Å²) in [5.41, 5.74) is 27.0. The van der Waals surface area contributed by atoms with E-state index >= 15 is 0 Å². The molecule has 138 heavy (non-hydrogen) atoms. The van der Waals surface area contributed by atoms with Crippen molar-refractivity contribution in [2.75, 3.05) is 5.32 Å². The minimum Gasteiger partial charge on any atom is -0.511 e. The van der Waals surface area contributed by atoms with Gasteiger partial charge in [-0.05, 0) is 306 Å². The minimum absolute atomic E-state index is 0.0863. The molecule has 8 N–H and O–H groups in total. The molecule has 0 fully saturated rings. The van der Waals surface area contributed by atoms with E-state index in [2.05, 4.69) is 418 Å². The van der Waals surface area contributed by atoms with Crippen LogP contribution in [0.2, 0.25) is 0 Å². The molecule has 10 heteroatoms. The second kappa shape index (κ2) is 39.2. The van der Waals surface area contributed by atoms with Crippen LogP contribution in [-0.2, 0) is 87.3 Å². The lowest BCUT2D eigenvalue weighted by Crippen LogP contribution is -2.39. The van der Waals surface area contributed by atoms with Gasteiger partial charge in [0.25, 0.3) is 0 Å². The first-order valence-electron chi connectivity index (χ1n) is 51.1. The highest BCUT2D eigenvalue weighted by Gasteiger charge is 2.43. The average Bonchev–Trinajstić information content (AvgIpc) is 0.699. The third kappa shape index (κ3) is 25.2. The number of hydrogen-bond donors (Lipinski definition) is 8. The summed E-state index contributed by atoms with van der Waals surface area (Å²) in [5, 5.41) is 87.0. The van der Waals surface area contributed by atoms with Crippen molar-refractivity contribution in [1.29, 1.82) is 0 Å². The Labute approximate surface area is 834 Å². The van der Waals surface area contributed by atoms with Crippen LogP contribution >= 0.6 is 0 Å². The fraction of sp³-hybridized carbons (Fsp3) is 0.516. The Hall–Kier alpha value is -9.90. The number of nitrogens with one attached hydrogen (secondary N) is 2. The van der Waals surface area contributed by atoms with Gasteiger partial charge in [0.15, 0.2) is 0 Å². The Kier molecular flexibility index (Phi) is 30.8. The molecule has 0 saturated heterocycles. The van der Waals surface area contributed by atoms with Crippen LogP contribution < -0.4 is 10.6 Å². The topological polar surface area (TPSA) is 175 Å². The molecule has 4 aliphatic rings. The quantitative estimate of drug-likeness (QED) is 0.0290. The molecule has 0 aromatic heterocycles. The lowest BCUT2D eigenvalue weighted by Gasteiger charge is -2.42. The van der Waals surface area contributed by atoms with E-state index in [1.807, 2.05) is 13.8 Å². The smallest absolute Gasteiger partial charge is 0.126 e. The zero-order valence-corrected chi connectivity index (χ0v) is 92.3. The summed E-state index contributed by atoms with van der Waals surface area (Å²) in [6.07, 6.45) is 22.4. The zero-order chi connectivity index (χ0) is 103. The summed E-state index contributed by atoms with van der Waals surface area (Å²) < 4.78 is 0. The number of nitrogens with zero attached hydrogens (tertiary/aromatic N) is 1. The molecule has 0 bridgehead atoms. The lowest BCUT2D eigenvalue weighted by atomic mass is 9.65. The van der Waals surface area contributed by atoms with E-state index in [1.54, 1.807) is 0 Å². The minimum atomic E-state index is -0.735. The van der Waals surface area contributed by atoms with Crippen LogP contribution in [0.4, 0.5) is 17.1 Å². The van der Waals surface area contributed by atoms with Crippen LogP contribution in [0, 0.1) is 44.8 Å². The van der Waals surface area contributed by atoms with Gasteiger partial charge in [-0.1, -0.05) is 389 Å². The molecule has 744 valence electrons. The molecular formula is C128H175N3O7. The van der Waals surface area contributed by atoms with Crippen LogP contribution in [0.15, 0.2) is 214 Å². The second-order valence-electron chi connectivity index (χ2n) is 54.3. The highest BCUT2D eigenvalue weighted by Crippen LogP contribution is 2.53. The molecular weight excluding hydrogens is 1690 g/mol. The van der Waals surface area contributed by atoms with Gasteiger partial charge in [0.05, 0.1) is 12.1 Å². The maximum atomic E-state index is 13.6. The lowest BCUT2D eigenvalue weighted by molar-refractivity contribution is 0.0813. The fourth-order valence-electron chi connectivity index (χ4n) is 21.2. The Morgan fingerprint density at radius 2 is 0.841 bits per heavy atom. The van der Waals surface area contributed by atoms with Crippen LogP contribution in [0.3, 0.4) is 0 Å². The molecule has 6 atom stereocenters. The second-order valence-corrected chi connectivity index (χ2v) is 54.3. The largest absolute Gasteiger partial charge is 0.511 e. The van der Waals surface area contributed by atoms with Crippen molar-refractivity contribution in [3.8, 4) is 23.0 Å². The van der Waals surface area contributed by atoms with E-state index in [0.717, 1.165) is 163 Å². The number of phenolic OH excluding ortho intramolecular Hbond substituents is 4. The van der Waals surface area contributed by atoms with Crippen molar-refractivity contribution in [1.82, 2.24) is 5.32 Å². The van der Waals surface area contributed by atoms with Gasteiger partial charge in [-0.3, -0.25) is 0 Å². The molecule has 6 unspecified atom stereocenters. The van der Waals surface area contributed by atoms with Crippen molar-refractivity contribution in [2.45, 2.75) is 388 Å². The van der Waals surface area contributed by atoms with E-state index in [9.17, 15) is 35.5 Å². The van der Waals surface area contributed by atoms with Crippen LogP contribution in [0.1, 0.15) is 394 Å². The fourth-order valence-corrected chi connectivity index (χ4v) is 21.2. The number of hydrogen-bond acceptors (Lipinski definition) is 10. The molecule has 0 amide bonds. The Morgan fingerprint density at radius 1 is 0.420 bits per heavy atom. The number of benzene rings is 7. The maximum Gasteiger partial charge on any atom is 0.126 e. The normalized spacial score (nSPS) is 18.5. The molecule has 4 aliphatic carbocycles. The van der Waals surface area contributed by atoms with Crippen LogP contribution in [-0.4, -0.2) is 42.8 Å². The number of anilines is 2. The molecule has 7 aromatic rings. The molecule has 0 saturated carbocycles. The summed E-state index contributed by atoms with van der Waals surface area (Å²) in [4.78, 5) is 13.6. The van der Waals surface area contributed by atoms with E-state index in [4.69, 9.17) is 0 Å². The van der Waals surface area contributed by atoms with Crippen LogP contribution in [0.25, 0.3) is 5.57 Å².